The van der Waals surface area contributed by atoms with Crippen molar-refractivity contribution in [2.45, 2.75) is 12.4 Å². The van der Waals surface area contributed by atoms with Gasteiger partial charge in [-0.3, -0.25) is 0 Å². The Kier molecular flexibility index (Phi) is 5.13. The number of carboxylic acid groups (broad SMARTS) is 1. The zero-order valence-corrected chi connectivity index (χ0v) is 14.5. The smallest absolute Gasteiger partial charge is 0.416 e. The van der Waals surface area contributed by atoms with Crippen LogP contribution in [0.1, 0.15) is 21.5 Å². The molecular formula is C21H12F6O2. The van der Waals surface area contributed by atoms with Gasteiger partial charge >= 0.3 is 18.3 Å². The van der Waals surface area contributed by atoms with Crippen LogP contribution in [0.5, 0.6) is 0 Å². The number of carbonyl (C=O) groups is 1. The minimum atomic E-state index is -4.53. The van der Waals surface area contributed by atoms with Gasteiger partial charge in [-0.15, -0.1) is 0 Å². The summed E-state index contributed by atoms with van der Waals surface area (Å²) in [7, 11) is 0. The third kappa shape index (κ3) is 4.42. The summed E-state index contributed by atoms with van der Waals surface area (Å²) in [5.41, 5.74) is -0.468. The van der Waals surface area contributed by atoms with Crippen LogP contribution >= 0.6 is 0 Å². The molecule has 0 saturated heterocycles. The SMILES string of the molecule is O=C(O)c1ccc(-c2ccc(C(F)(F)F)cc2)c(-c2ccc(C(F)(F)F)cc2)c1. The van der Waals surface area contributed by atoms with E-state index in [2.05, 4.69) is 0 Å². The maximum absolute atomic E-state index is 12.8. The predicted molar refractivity (Wildman–Crippen MR) is 94.3 cm³/mol. The summed E-state index contributed by atoms with van der Waals surface area (Å²) in [5.74, 6) is -1.24. The molecule has 0 heterocycles. The first-order valence-electron chi connectivity index (χ1n) is 8.19. The number of aromatic carboxylic acids is 1. The fourth-order valence-corrected chi connectivity index (χ4v) is 2.85. The molecule has 0 bridgehead atoms. The molecule has 0 saturated carbocycles. The highest BCUT2D eigenvalue weighted by atomic mass is 19.4. The van der Waals surface area contributed by atoms with Crippen LogP contribution in [0.2, 0.25) is 0 Å². The number of alkyl halides is 6. The normalized spacial score (nSPS) is 12.1. The lowest BCUT2D eigenvalue weighted by molar-refractivity contribution is -0.138. The largest absolute Gasteiger partial charge is 0.478 e. The van der Waals surface area contributed by atoms with Crippen LogP contribution in [0, 0.1) is 0 Å². The fraction of sp³-hybridized carbons (Fsp3) is 0.0952. The van der Waals surface area contributed by atoms with Crippen molar-refractivity contribution in [3.63, 3.8) is 0 Å². The highest BCUT2D eigenvalue weighted by Gasteiger charge is 2.31. The summed E-state index contributed by atoms with van der Waals surface area (Å²) in [6.07, 6.45) is -9.04. The third-order valence-corrected chi connectivity index (χ3v) is 4.31. The molecular weight excluding hydrogens is 398 g/mol. The van der Waals surface area contributed by atoms with E-state index in [0.717, 1.165) is 24.3 Å². The Balaban J connectivity index is 2.12. The molecule has 2 nitrogen and oxygen atoms in total. The first-order chi connectivity index (χ1) is 13.5. The van der Waals surface area contributed by atoms with E-state index in [1.165, 1.54) is 42.5 Å². The number of halogens is 6. The third-order valence-electron chi connectivity index (χ3n) is 4.31. The minimum absolute atomic E-state index is 0.101. The summed E-state index contributed by atoms with van der Waals surface area (Å²) >= 11 is 0. The minimum Gasteiger partial charge on any atom is -0.478 e. The molecule has 3 aromatic rings. The van der Waals surface area contributed by atoms with Gasteiger partial charge in [0.1, 0.15) is 0 Å². The molecule has 0 radical (unpaired) electrons. The Morgan fingerprint density at radius 3 is 1.41 bits per heavy atom. The monoisotopic (exact) mass is 410 g/mol. The van der Waals surface area contributed by atoms with Crippen molar-refractivity contribution in [2.75, 3.05) is 0 Å². The van der Waals surface area contributed by atoms with Crippen molar-refractivity contribution >= 4 is 5.97 Å². The Morgan fingerprint density at radius 2 is 1.03 bits per heavy atom. The highest BCUT2D eigenvalue weighted by Crippen LogP contribution is 2.37. The van der Waals surface area contributed by atoms with Gasteiger partial charge in [-0.25, -0.2) is 4.79 Å². The van der Waals surface area contributed by atoms with Crippen LogP contribution in [0.4, 0.5) is 26.3 Å². The van der Waals surface area contributed by atoms with Gasteiger partial charge in [0, 0.05) is 0 Å². The molecule has 29 heavy (non-hydrogen) atoms. The maximum atomic E-state index is 12.8. The van der Waals surface area contributed by atoms with Crippen molar-refractivity contribution in [3.05, 3.63) is 83.4 Å². The van der Waals surface area contributed by atoms with Crippen molar-refractivity contribution in [2.24, 2.45) is 0 Å². The summed E-state index contributed by atoms with van der Waals surface area (Å²) in [4.78, 5) is 11.3. The average Bonchev–Trinajstić information content (AvgIpc) is 2.66. The first kappa shape index (κ1) is 20.4. The van der Waals surface area contributed by atoms with E-state index in [-0.39, 0.29) is 5.56 Å². The second-order valence-corrected chi connectivity index (χ2v) is 6.22. The van der Waals surface area contributed by atoms with Crippen molar-refractivity contribution in [3.8, 4) is 22.3 Å². The Labute approximate surface area is 161 Å². The Morgan fingerprint density at radius 1 is 0.621 bits per heavy atom. The molecule has 0 aliphatic rings. The second kappa shape index (κ2) is 7.27. The number of carboxylic acids is 1. The van der Waals surface area contributed by atoms with E-state index in [9.17, 15) is 36.2 Å². The van der Waals surface area contributed by atoms with Crippen molar-refractivity contribution < 1.29 is 36.2 Å². The van der Waals surface area contributed by atoms with E-state index in [4.69, 9.17) is 0 Å². The summed E-state index contributed by atoms with van der Waals surface area (Å²) < 4.78 is 76.8. The molecule has 150 valence electrons. The van der Waals surface area contributed by atoms with E-state index in [1.54, 1.807) is 0 Å². The quantitative estimate of drug-likeness (QED) is 0.485. The molecule has 0 fully saturated rings. The number of hydrogen-bond acceptors (Lipinski definition) is 1. The molecule has 0 atom stereocenters. The van der Waals surface area contributed by atoms with Gasteiger partial charge in [-0.05, 0) is 58.7 Å². The first-order valence-corrected chi connectivity index (χ1v) is 8.19. The van der Waals surface area contributed by atoms with Crippen LogP contribution in [0.3, 0.4) is 0 Å². The average molecular weight is 410 g/mol. The van der Waals surface area contributed by atoms with Gasteiger partial charge in [0.25, 0.3) is 0 Å². The zero-order valence-electron chi connectivity index (χ0n) is 14.5. The van der Waals surface area contributed by atoms with E-state index < -0.39 is 29.4 Å². The Bertz CT molecular complexity index is 1030. The van der Waals surface area contributed by atoms with Crippen molar-refractivity contribution in [1.82, 2.24) is 0 Å². The topological polar surface area (TPSA) is 37.3 Å². The van der Waals surface area contributed by atoms with Gasteiger partial charge in [-0.2, -0.15) is 26.3 Å². The number of rotatable bonds is 3. The molecule has 0 aliphatic heterocycles. The lowest BCUT2D eigenvalue weighted by Gasteiger charge is -2.14. The number of benzene rings is 3. The van der Waals surface area contributed by atoms with Crippen LogP contribution in [-0.2, 0) is 12.4 Å². The van der Waals surface area contributed by atoms with Gasteiger partial charge in [0.2, 0.25) is 0 Å². The van der Waals surface area contributed by atoms with Crippen LogP contribution in [-0.4, -0.2) is 11.1 Å². The Hall–Kier alpha value is -3.29. The van der Waals surface area contributed by atoms with Crippen LogP contribution < -0.4 is 0 Å². The van der Waals surface area contributed by atoms with E-state index in [1.807, 2.05) is 0 Å². The predicted octanol–water partition coefficient (Wildman–Crippen LogP) is 6.76. The van der Waals surface area contributed by atoms with Crippen LogP contribution in [0.15, 0.2) is 66.7 Å². The molecule has 8 heteroatoms. The van der Waals surface area contributed by atoms with Crippen LogP contribution in [0.25, 0.3) is 22.3 Å². The zero-order chi connectivity index (χ0) is 21.4. The highest BCUT2D eigenvalue weighted by molar-refractivity contribution is 5.93. The lowest BCUT2D eigenvalue weighted by Crippen LogP contribution is -2.04. The molecule has 1 N–H and O–H groups in total. The molecule has 0 unspecified atom stereocenters. The summed E-state index contributed by atoms with van der Waals surface area (Å²) in [5, 5.41) is 9.22. The molecule has 3 aromatic carbocycles. The molecule has 0 aliphatic carbocycles. The molecule has 0 spiro atoms. The lowest BCUT2D eigenvalue weighted by atomic mass is 9.92. The van der Waals surface area contributed by atoms with Gasteiger partial charge in [0.05, 0.1) is 16.7 Å². The standard InChI is InChI=1S/C21H12F6O2/c22-20(23,24)15-6-1-12(2-7-15)17-10-5-14(19(28)29)11-18(17)13-3-8-16(9-4-13)21(25,26)27/h1-11H,(H,28,29). The fourth-order valence-electron chi connectivity index (χ4n) is 2.85. The maximum Gasteiger partial charge on any atom is 0.416 e. The summed E-state index contributed by atoms with van der Waals surface area (Å²) in [6.45, 7) is 0. The summed E-state index contributed by atoms with van der Waals surface area (Å²) in [6, 6.07) is 12.3. The van der Waals surface area contributed by atoms with Gasteiger partial charge < -0.3 is 5.11 Å². The molecule has 0 amide bonds. The number of hydrogen-bond donors (Lipinski definition) is 1. The van der Waals surface area contributed by atoms with Gasteiger partial charge in [-0.1, -0.05) is 30.3 Å². The van der Waals surface area contributed by atoms with E-state index >= 15 is 0 Å². The van der Waals surface area contributed by atoms with Gasteiger partial charge in [0.15, 0.2) is 0 Å². The molecule has 0 aromatic heterocycles. The van der Waals surface area contributed by atoms with E-state index in [0.29, 0.717) is 22.3 Å². The second-order valence-electron chi connectivity index (χ2n) is 6.22. The van der Waals surface area contributed by atoms with Crippen molar-refractivity contribution in [1.29, 1.82) is 0 Å². The molecule has 3 rings (SSSR count).